The second-order valence-electron chi connectivity index (χ2n) is 6.49. The van der Waals surface area contributed by atoms with Crippen molar-refractivity contribution in [2.75, 3.05) is 13.2 Å². The summed E-state index contributed by atoms with van der Waals surface area (Å²) >= 11 is 0. The van der Waals surface area contributed by atoms with Gasteiger partial charge in [-0.15, -0.1) is 0 Å². The molecule has 1 saturated heterocycles. The van der Waals surface area contributed by atoms with Crippen molar-refractivity contribution >= 4 is 11.0 Å². The average molecular weight is 366 g/mol. The standard InChI is InChI=1S/C18H14F4N2O2/c19-14-6-12(18(20,21)22)2-3-13(14)11-1-4-15-16(5-11)24(10-23-15)7-17(25)8-26-9-17/h1-6,10,25H,7-9H2. The third-order valence-corrected chi connectivity index (χ3v) is 4.43. The van der Waals surface area contributed by atoms with E-state index in [4.69, 9.17) is 4.74 Å². The van der Waals surface area contributed by atoms with Crippen LogP contribution in [0.1, 0.15) is 5.56 Å². The molecular weight excluding hydrogens is 352 g/mol. The number of aliphatic hydroxyl groups is 1. The highest BCUT2D eigenvalue weighted by Crippen LogP contribution is 2.33. The Morgan fingerprint density at radius 3 is 2.54 bits per heavy atom. The fourth-order valence-corrected chi connectivity index (χ4v) is 3.02. The lowest BCUT2D eigenvalue weighted by Gasteiger charge is -2.36. The van der Waals surface area contributed by atoms with E-state index in [1.165, 1.54) is 0 Å². The predicted octanol–water partition coefficient (Wildman–Crippen LogP) is 3.62. The van der Waals surface area contributed by atoms with E-state index in [1.54, 1.807) is 29.1 Å². The first-order chi connectivity index (χ1) is 12.3. The van der Waals surface area contributed by atoms with Crippen molar-refractivity contribution in [3.8, 4) is 11.1 Å². The van der Waals surface area contributed by atoms with Gasteiger partial charge in [-0.3, -0.25) is 0 Å². The third-order valence-electron chi connectivity index (χ3n) is 4.43. The summed E-state index contributed by atoms with van der Waals surface area (Å²) in [6, 6.07) is 7.38. The number of aromatic nitrogens is 2. The molecule has 8 heteroatoms. The fourth-order valence-electron chi connectivity index (χ4n) is 3.02. The molecule has 4 nitrogen and oxygen atoms in total. The number of ether oxygens (including phenoxy) is 1. The summed E-state index contributed by atoms with van der Waals surface area (Å²) in [7, 11) is 0. The number of benzene rings is 2. The van der Waals surface area contributed by atoms with E-state index in [0.29, 0.717) is 22.7 Å². The van der Waals surface area contributed by atoms with Crippen LogP contribution in [0.4, 0.5) is 17.6 Å². The van der Waals surface area contributed by atoms with Gasteiger partial charge >= 0.3 is 6.18 Å². The van der Waals surface area contributed by atoms with Crippen molar-refractivity contribution in [1.29, 1.82) is 0 Å². The molecule has 3 aromatic rings. The minimum absolute atomic E-state index is 0.0679. The van der Waals surface area contributed by atoms with Crippen molar-refractivity contribution in [1.82, 2.24) is 9.55 Å². The molecule has 0 saturated carbocycles. The lowest BCUT2D eigenvalue weighted by atomic mass is 10.0. The predicted molar refractivity (Wildman–Crippen MR) is 85.9 cm³/mol. The van der Waals surface area contributed by atoms with Gasteiger partial charge in [0.15, 0.2) is 0 Å². The minimum atomic E-state index is -4.60. The van der Waals surface area contributed by atoms with Crippen LogP contribution in [0.25, 0.3) is 22.2 Å². The van der Waals surface area contributed by atoms with Crippen molar-refractivity contribution in [2.45, 2.75) is 18.3 Å². The molecule has 2 aromatic carbocycles. The highest BCUT2D eigenvalue weighted by Gasteiger charge is 2.36. The maximum absolute atomic E-state index is 14.2. The lowest BCUT2D eigenvalue weighted by Crippen LogP contribution is -2.52. The van der Waals surface area contributed by atoms with Gasteiger partial charge in [-0.1, -0.05) is 12.1 Å². The molecule has 0 unspecified atom stereocenters. The SMILES string of the molecule is OC1(Cn2cnc3ccc(-c4ccc(C(F)(F)F)cc4F)cc32)COC1. The summed E-state index contributed by atoms with van der Waals surface area (Å²) < 4.78 is 59.1. The zero-order valence-corrected chi connectivity index (χ0v) is 13.4. The maximum Gasteiger partial charge on any atom is 0.416 e. The van der Waals surface area contributed by atoms with Gasteiger partial charge in [0.25, 0.3) is 0 Å². The zero-order valence-electron chi connectivity index (χ0n) is 13.4. The van der Waals surface area contributed by atoms with Crippen LogP contribution >= 0.6 is 0 Å². The normalized spacial score (nSPS) is 16.7. The molecule has 0 radical (unpaired) electrons. The number of hydrogen-bond acceptors (Lipinski definition) is 3. The molecule has 0 aliphatic carbocycles. The van der Waals surface area contributed by atoms with Crippen LogP contribution in [0.3, 0.4) is 0 Å². The Bertz CT molecular complexity index is 977. The van der Waals surface area contributed by atoms with E-state index in [9.17, 15) is 22.7 Å². The van der Waals surface area contributed by atoms with E-state index >= 15 is 0 Å². The Labute approximate surface area is 145 Å². The fraction of sp³-hybridized carbons (Fsp3) is 0.278. The van der Waals surface area contributed by atoms with Gasteiger partial charge in [0.2, 0.25) is 0 Å². The number of imidazole rings is 1. The topological polar surface area (TPSA) is 47.3 Å². The van der Waals surface area contributed by atoms with E-state index in [-0.39, 0.29) is 25.3 Å². The molecule has 0 bridgehead atoms. The molecule has 0 atom stereocenters. The molecule has 136 valence electrons. The van der Waals surface area contributed by atoms with Gasteiger partial charge in [0.05, 0.1) is 42.7 Å². The van der Waals surface area contributed by atoms with E-state index < -0.39 is 23.2 Å². The molecule has 26 heavy (non-hydrogen) atoms. The Morgan fingerprint density at radius 2 is 1.92 bits per heavy atom. The van der Waals surface area contributed by atoms with Crippen LogP contribution in [-0.4, -0.2) is 33.5 Å². The van der Waals surface area contributed by atoms with Crippen molar-refractivity contribution in [3.05, 3.63) is 54.1 Å². The number of hydrogen-bond donors (Lipinski definition) is 1. The Balaban J connectivity index is 1.73. The molecule has 2 heterocycles. The van der Waals surface area contributed by atoms with Crippen LogP contribution in [0.2, 0.25) is 0 Å². The van der Waals surface area contributed by atoms with E-state index in [0.717, 1.165) is 12.1 Å². The summed E-state index contributed by atoms with van der Waals surface area (Å²) in [6.45, 7) is 0.711. The van der Waals surface area contributed by atoms with Crippen LogP contribution < -0.4 is 0 Å². The lowest BCUT2D eigenvalue weighted by molar-refractivity contribution is -0.184. The first-order valence-corrected chi connectivity index (χ1v) is 7.87. The van der Waals surface area contributed by atoms with Crippen LogP contribution in [-0.2, 0) is 17.5 Å². The number of nitrogens with zero attached hydrogens (tertiary/aromatic N) is 2. The molecule has 0 amide bonds. The van der Waals surface area contributed by atoms with Crippen molar-refractivity contribution in [3.63, 3.8) is 0 Å². The van der Waals surface area contributed by atoms with Crippen LogP contribution in [0.5, 0.6) is 0 Å². The largest absolute Gasteiger partial charge is 0.416 e. The van der Waals surface area contributed by atoms with Gasteiger partial charge in [-0.25, -0.2) is 9.37 Å². The molecule has 1 fully saturated rings. The molecule has 4 rings (SSSR count). The number of halogens is 4. The van der Waals surface area contributed by atoms with Crippen LogP contribution in [0.15, 0.2) is 42.7 Å². The van der Waals surface area contributed by atoms with Gasteiger partial charge in [-0.05, 0) is 29.8 Å². The van der Waals surface area contributed by atoms with Gasteiger partial charge in [-0.2, -0.15) is 13.2 Å². The minimum Gasteiger partial charge on any atom is -0.383 e. The van der Waals surface area contributed by atoms with Gasteiger partial charge in [0, 0.05) is 5.56 Å². The van der Waals surface area contributed by atoms with Gasteiger partial charge in [0.1, 0.15) is 11.4 Å². The molecule has 1 aromatic heterocycles. The summed E-state index contributed by atoms with van der Waals surface area (Å²) in [4.78, 5) is 4.23. The monoisotopic (exact) mass is 366 g/mol. The molecule has 0 spiro atoms. The highest BCUT2D eigenvalue weighted by molar-refractivity contribution is 5.82. The number of rotatable bonds is 3. The molecule has 1 aliphatic heterocycles. The second-order valence-corrected chi connectivity index (χ2v) is 6.49. The van der Waals surface area contributed by atoms with E-state index in [1.807, 2.05) is 0 Å². The first-order valence-electron chi connectivity index (χ1n) is 7.87. The smallest absolute Gasteiger partial charge is 0.383 e. The maximum atomic E-state index is 14.2. The summed E-state index contributed by atoms with van der Waals surface area (Å²) in [5.41, 5.74) is -0.201. The van der Waals surface area contributed by atoms with Crippen molar-refractivity contribution < 1.29 is 27.4 Å². The molecular formula is C18H14F4N2O2. The molecule has 1 N–H and O–H groups in total. The second kappa shape index (κ2) is 5.78. The Hall–Kier alpha value is -2.45. The van der Waals surface area contributed by atoms with Gasteiger partial charge < -0.3 is 14.4 Å². The number of fused-ring (bicyclic) bond motifs is 1. The third kappa shape index (κ3) is 2.95. The molecule has 1 aliphatic rings. The summed E-state index contributed by atoms with van der Waals surface area (Å²) in [5.74, 6) is -0.948. The zero-order chi connectivity index (χ0) is 18.5. The first kappa shape index (κ1) is 17.0. The Morgan fingerprint density at radius 1 is 1.15 bits per heavy atom. The highest BCUT2D eigenvalue weighted by atomic mass is 19.4. The quantitative estimate of drug-likeness (QED) is 0.721. The van der Waals surface area contributed by atoms with Crippen LogP contribution in [0, 0.1) is 5.82 Å². The Kier molecular flexibility index (Phi) is 3.78. The van der Waals surface area contributed by atoms with E-state index in [2.05, 4.69) is 4.98 Å². The summed E-state index contributed by atoms with van der Waals surface area (Å²) in [6.07, 6.45) is -3.03. The van der Waals surface area contributed by atoms with Crippen molar-refractivity contribution in [2.24, 2.45) is 0 Å². The average Bonchev–Trinajstić information content (AvgIpc) is 2.94. The summed E-state index contributed by atoms with van der Waals surface area (Å²) in [5, 5.41) is 10.2. The number of alkyl halides is 3.